The molecule has 0 aromatic heterocycles. The Bertz CT molecular complexity index is 210. The van der Waals surface area contributed by atoms with Gasteiger partial charge < -0.3 is 10.5 Å². The van der Waals surface area contributed by atoms with Gasteiger partial charge >= 0.3 is 0 Å². The third-order valence-electron chi connectivity index (χ3n) is 4.32. The summed E-state index contributed by atoms with van der Waals surface area (Å²) in [5, 5.41) is 0. The number of methoxy groups -OCH3 is 1. The van der Waals surface area contributed by atoms with Crippen LogP contribution in [0.15, 0.2) is 0 Å². The molecule has 0 aliphatic heterocycles. The second kappa shape index (κ2) is 7.34. The lowest BCUT2D eigenvalue weighted by Crippen LogP contribution is -2.54. The highest BCUT2D eigenvalue weighted by atomic mass is 16.5. The summed E-state index contributed by atoms with van der Waals surface area (Å²) in [6.07, 6.45) is 5.04. The molecule has 0 heterocycles. The minimum Gasteiger partial charge on any atom is -0.383 e. The molecule has 102 valence electrons. The van der Waals surface area contributed by atoms with Gasteiger partial charge in [-0.2, -0.15) is 0 Å². The molecule has 1 fully saturated rings. The molecule has 1 aliphatic carbocycles. The summed E-state index contributed by atoms with van der Waals surface area (Å²) in [5.74, 6) is 0.864. The van der Waals surface area contributed by atoms with Gasteiger partial charge in [-0.25, -0.2) is 0 Å². The SMILES string of the molecule is CCC1CCC(N)C(N(CC)C(C)COC)C1. The highest BCUT2D eigenvalue weighted by Crippen LogP contribution is 2.30. The Kier molecular flexibility index (Phi) is 6.45. The second-order valence-corrected chi connectivity index (χ2v) is 5.45. The highest BCUT2D eigenvalue weighted by Gasteiger charge is 2.32. The number of likely N-dealkylation sites (N-methyl/N-ethyl adjacent to an activating group) is 1. The molecule has 1 saturated carbocycles. The molecule has 0 aromatic rings. The Morgan fingerprint density at radius 3 is 2.59 bits per heavy atom. The van der Waals surface area contributed by atoms with Crippen LogP contribution in [0.5, 0.6) is 0 Å². The van der Waals surface area contributed by atoms with E-state index in [4.69, 9.17) is 10.5 Å². The van der Waals surface area contributed by atoms with Crippen LogP contribution in [0, 0.1) is 5.92 Å². The van der Waals surface area contributed by atoms with E-state index in [1.165, 1.54) is 25.7 Å². The first-order valence-electron chi connectivity index (χ1n) is 7.14. The molecule has 3 nitrogen and oxygen atoms in total. The minimum atomic E-state index is 0.344. The first kappa shape index (κ1) is 14.9. The molecule has 2 N–H and O–H groups in total. The molecule has 4 unspecified atom stereocenters. The van der Waals surface area contributed by atoms with Crippen molar-refractivity contribution in [2.75, 3.05) is 20.3 Å². The Morgan fingerprint density at radius 2 is 2.06 bits per heavy atom. The normalized spacial score (nSPS) is 31.8. The summed E-state index contributed by atoms with van der Waals surface area (Å²) in [4.78, 5) is 2.54. The van der Waals surface area contributed by atoms with Gasteiger partial charge in [-0.15, -0.1) is 0 Å². The first-order chi connectivity index (χ1) is 8.13. The minimum absolute atomic E-state index is 0.344. The van der Waals surface area contributed by atoms with Gasteiger partial charge in [-0.1, -0.05) is 20.3 Å². The molecule has 0 saturated heterocycles. The summed E-state index contributed by atoms with van der Waals surface area (Å²) < 4.78 is 5.28. The quantitative estimate of drug-likeness (QED) is 0.776. The molecule has 0 bridgehead atoms. The van der Waals surface area contributed by atoms with Gasteiger partial charge in [-0.05, 0) is 38.6 Å². The number of hydrogen-bond donors (Lipinski definition) is 1. The monoisotopic (exact) mass is 242 g/mol. The van der Waals surface area contributed by atoms with Gasteiger partial charge in [0.05, 0.1) is 6.61 Å². The van der Waals surface area contributed by atoms with Crippen LogP contribution in [0.1, 0.15) is 46.5 Å². The predicted octanol–water partition coefficient (Wildman–Crippen LogP) is 2.25. The number of ether oxygens (including phenoxy) is 1. The maximum Gasteiger partial charge on any atom is 0.0615 e. The lowest BCUT2D eigenvalue weighted by Gasteiger charge is -2.43. The maximum absolute atomic E-state index is 6.32. The molecular formula is C14H30N2O. The molecule has 1 aliphatic rings. The molecule has 1 rings (SSSR count). The zero-order valence-electron chi connectivity index (χ0n) is 12.0. The Balaban J connectivity index is 2.64. The van der Waals surface area contributed by atoms with Crippen molar-refractivity contribution in [2.24, 2.45) is 11.7 Å². The average Bonchev–Trinajstić information content (AvgIpc) is 2.33. The predicted molar refractivity (Wildman–Crippen MR) is 73.1 cm³/mol. The largest absolute Gasteiger partial charge is 0.383 e. The van der Waals surface area contributed by atoms with Crippen LogP contribution >= 0.6 is 0 Å². The number of hydrogen-bond acceptors (Lipinski definition) is 3. The zero-order chi connectivity index (χ0) is 12.8. The lowest BCUT2D eigenvalue weighted by atomic mass is 9.80. The smallest absolute Gasteiger partial charge is 0.0615 e. The van der Waals surface area contributed by atoms with E-state index in [-0.39, 0.29) is 0 Å². The van der Waals surface area contributed by atoms with E-state index >= 15 is 0 Å². The summed E-state index contributed by atoms with van der Waals surface area (Å²) in [5.41, 5.74) is 6.32. The van der Waals surface area contributed by atoms with Gasteiger partial charge in [0.25, 0.3) is 0 Å². The van der Waals surface area contributed by atoms with Gasteiger partial charge in [0.1, 0.15) is 0 Å². The van der Waals surface area contributed by atoms with E-state index in [1.807, 2.05) is 0 Å². The van der Waals surface area contributed by atoms with E-state index in [2.05, 4.69) is 25.7 Å². The molecule has 17 heavy (non-hydrogen) atoms. The van der Waals surface area contributed by atoms with Crippen LogP contribution in [-0.4, -0.2) is 43.3 Å². The molecule has 3 heteroatoms. The first-order valence-corrected chi connectivity index (χ1v) is 7.14. The summed E-state index contributed by atoms with van der Waals surface area (Å²) >= 11 is 0. The van der Waals surface area contributed by atoms with Crippen LogP contribution in [0.2, 0.25) is 0 Å². The van der Waals surface area contributed by atoms with Crippen LogP contribution in [0.4, 0.5) is 0 Å². The Labute approximate surface area is 107 Å². The van der Waals surface area contributed by atoms with E-state index in [1.54, 1.807) is 7.11 Å². The van der Waals surface area contributed by atoms with Crippen molar-refractivity contribution in [3.63, 3.8) is 0 Å². The van der Waals surface area contributed by atoms with Gasteiger partial charge in [-0.3, -0.25) is 4.90 Å². The maximum atomic E-state index is 6.32. The van der Waals surface area contributed by atoms with Crippen molar-refractivity contribution in [3.05, 3.63) is 0 Å². The van der Waals surface area contributed by atoms with E-state index in [9.17, 15) is 0 Å². The number of nitrogens with zero attached hydrogens (tertiary/aromatic N) is 1. The van der Waals surface area contributed by atoms with Gasteiger partial charge in [0.15, 0.2) is 0 Å². The Hall–Kier alpha value is -0.120. The molecule has 0 amide bonds. The van der Waals surface area contributed by atoms with Crippen molar-refractivity contribution < 1.29 is 4.74 Å². The fourth-order valence-electron chi connectivity index (χ4n) is 3.22. The third kappa shape index (κ3) is 3.94. The van der Waals surface area contributed by atoms with E-state index in [0.717, 1.165) is 19.1 Å². The van der Waals surface area contributed by atoms with Crippen molar-refractivity contribution in [3.8, 4) is 0 Å². The van der Waals surface area contributed by atoms with Gasteiger partial charge in [0.2, 0.25) is 0 Å². The number of nitrogens with two attached hydrogens (primary N) is 1. The Morgan fingerprint density at radius 1 is 1.35 bits per heavy atom. The molecular weight excluding hydrogens is 212 g/mol. The van der Waals surface area contributed by atoms with Crippen LogP contribution in [0.3, 0.4) is 0 Å². The van der Waals surface area contributed by atoms with Crippen LogP contribution < -0.4 is 5.73 Å². The van der Waals surface area contributed by atoms with E-state index in [0.29, 0.717) is 18.1 Å². The lowest BCUT2D eigenvalue weighted by molar-refractivity contribution is 0.0400. The molecule has 4 atom stereocenters. The van der Waals surface area contributed by atoms with Crippen molar-refractivity contribution in [2.45, 2.75) is 64.6 Å². The van der Waals surface area contributed by atoms with Crippen molar-refractivity contribution >= 4 is 0 Å². The second-order valence-electron chi connectivity index (χ2n) is 5.45. The summed E-state index contributed by atoms with van der Waals surface area (Å²) in [6, 6.07) is 1.36. The van der Waals surface area contributed by atoms with Crippen molar-refractivity contribution in [1.29, 1.82) is 0 Å². The van der Waals surface area contributed by atoms with Gasteiger partial charge in [0, 0.05) is 25.2 Å². The number of rotatable bonds is 6. The summed E-state index contributed by atoms with van der Waals surface area (Å²) in [6.45, 7) is 8.64. The van der Waals surface area contributed by atoms with E-state index < -0.39 is 0 Å². The third-order valence-corrected chi connectivity index (χ3v) is 4.32. The fourth-order valence-corrected chi connectivity index (χ4v) is 3.22. The topological polar surface area (TPSA) is 38.5 Å². The highest BCUT2D eigenvalue weighted by molar-refractivity contribution is 4.90. The zero-order valence-corrected chi connectivity index (χ0v) is 12.0. The molecule has 0 radical (unpaired) electrons. The fraction of sp³-hybridized carbons (Fsp3) is 1.00. The van der Waals surface area contributed by atoms with Crippen molar-refractivity contribution in [1.82, 2.24) is 4.90 Å². The summed E-state index contributed by atoms with van der Waals surface area (Å²) in [7, 11) is 1.78. The average molecular weight is 242 g/mol. The molecule has 0 aromatic carbocycles. The van der Waals surface area contributed by atoms with Crippen LogP contribution in [-0.2, 0) is 4.74 Å². The standard InChI is InChI=1S/C14H30N2O/c1-5-12-7-8-13(15)14(9-12)16(6-2)11(3)10-17-4/h11-14H,5-10,15H2,1-4H3. The molecule has 0 spiro atoms. The van der Waals surface area contributed by atoms with Crippen LogP contribution in [0.25, 0.3) is 0 Å².